The van der Waals surface area contributed by atoms with Gasteiger partial charge >= 0.3 is 0 Å². The quantitative estimate of drug-likeness (QED) is 0.123. The molecule has 0 aromatic heterocycles. The Hall–Kier alpha value is -2.30. The Morgan fingerprint density at radius 1 is 0.783 bits per heavy atom. The van der Waals surface area contributed by atoms with E-state index in [2.05, 4.69) is 5.32 Å². The Kier molecular flexibility index (Phi) is 19.8. The fourth-order valence-electron chi connectivity index (χ4n) is 5.93. The van der Waals surface area contributed by atoms with Gasteiger partial charge in [0.15, 0.2) is 5.78 Å². The molecule has 10 heteroatoms. The maximum absolute atomic E-state index is 14.4. The van der Waals surface area contributed by atoms with E-state index in [9.17, 15) is 29.4 Å². The van der Waals surface area contributed by atoms with Crippen LogP contribution < -0.4 is 5.32 Å². The second-order valence-corrected chi connectivity index (χ2v) is 14.8. The van der Waals surface area contributed by atoms with Crippen molar-refractivity contribution in [2.75, 3.05) is 21.1 Å². The van der Waals surface area contributed by atoms with Gasteiger partial charge in [-0.05, 0) is 62.8 Å². The zero-order chi connectivity index (χ0) is 36.0. The molecule has 0 saturated carbocycles. The molecule has 10 nitrogen and oxygen atoms in total. The number of aliphatic hydroxyl groups excluding tert-OH is 2. The fraction of sp³-hybridized carbons (Fsp3) is 0.833. The van der Waals surface area contributed by atoms with Crippen molar-refractivity contribution in [2.45, 2.75) is 145 Å². The van der Waals surface area contributed by atoms with Crippen molar-refractivity contribution in [1.82, 2.24) is 20.0 Å². The zero-order valence-electron chi connectivity index (χ0n) is 31.4. The van der Waals surface area contributed by atoms with Crippen LogP contribution in [0.3, 0.4) is 0 Å². The van der Waals surface area contributed by atoms with Crippen LogP contribution in [0.2, 0.25) is 0 Å². The molecule has 0 radical (unpaired) electrons. The van der Waals surface area contributed by atoms with E-state index in [0.717, 1.165) is 0 Å². The lowest BCUT2D eigenvalue weighted by Gasteiger charge is -2.43. The smallest absolute Gasteiger partial charge is 0.246 e. The standard InChI is InChI=1S/C36H68N4O6/c1-15-17-18-26(11)33(43)32(34(44)37-27(16-2)29(41)20-23(5)6)40(14)36(46)31(25(9)10)39(13)35(45)28(19-22(3)4)38(12)30(42)21-24(7)8/h15,17,22-28,31-33,35,43,45H,16,18-21H2,1-14H3,(H,37,44)/b17-15+/t26-,27?,28+,31+,32+,33-,35?/m1/s1. The second-order valence-electron chi connectivity index (χ2n) is 14.8. The average Bonchev–Trinajstić information content (AvgIpc) is 2.95. The fourth-order valence-corrected chi connectivity index (χ4v) is 5.93. The van der Waals surface area contributed by atoms with Crippen LogP contribution >= 0.6 is 0 Å². The summed E-state index contributed by atoms with van der Waals surface area (Å²) >= 11 is 0. The number of amides is 3. The first kappa shape index (κ1) is 43.7. The van der Waals surface area contributed by atoms with Crippen LogP contribution in [-0.2, 0) is 19.2 Å². The topological polar surface area (TPSA) is 130 Å². The number of nitrogens with zero attached hydrogens (tertiary/aromatic N) is 3. The van der Waals surface area contributed by atoms with E-state index in [1.54, 1.807) is 23.9 Å². The number of ketones is 1. The molecular weight excluding hydrogens is 584 g/mol. The van der Waals surface area contributed by atoms with E-state index >= 15 is 0 Å². The Bertz CT molecular complexity index is 982. The Morgan fingerprint density at radius 3 is 1.76 bits per heavy atom. The van der Waals surface area contributed by atoms with Crippen LogP contribution in [0.25, 0.3) is 0 Å². The average molecular weight is 653 g/mol. The first-order valence-electron chi connectivity index (χ1n) is 17.3. The summed E-state index contributed by atoms with van der Waals surface area (Å²) in [6.07, 6.45) is 3.43. The van der Waals surface area contributed by atoms with Gasteiger partial charge in [-0.2, -0.15) is 0 Å². The molecule has 2 unspecified atom stereocenters. The minimum absolute atomic E-state index is 0.0786. The Morgan fingerprint density at radius 2 is 1.33 bits per heavy atom. The molecule has 3 amide bonds. The predicted octanol–water partition coefficient (Wildman–Crippen LogP) is 4.48. The summed E-state index contributed by atoms with van der Waals surface area (Å²) in [5.74, 6) is -1.43. The second kappa shape index (κ2) is 20.8. The summed E-state index contributed by atoms with van der Waals surface area (Å²) < 4.78 is 0. The third kappa shape index (κ3) is 13.4. The summed E-state index contributed by atoms with van der Waals surface area (Å²) in [6.45, 7) is 21.1. The van der Waals surface area contributed by atoms with Crippen LogP contribution in [0.5, 0.6) is 0 Å². The monoisotopic (exact) mass is 653 g/mol. The number of allylic oxidation sites excluding steroid dienone is 2. The van der Waals surface area contributed by atoms with Gasteiger partial charge in [0.1, 0.15) is 12.3 Å². The van der Waals surface area contributed by atoms with Gasteiger partial charge in [0.2, 0.25) is 17.7 Å². The number of aliphatic hydroxyl groups is 2. The third-order valence-electron chi connectivity index (χ3n) is 8.68. The maximum Gasteiger partial charge on any atom is 0.246 e. The van der Waals surface area contributed by atoms with Crippen molar-refractivity contribution in [3.63, 3.8) is 0 Å². The summed E-state index contributed by atoms with van der Waals surface area (Å²) in [5.41, 5.74) is 0. The molecule has 0 aliphatic heterocycles. The van der Waals surface area contributed by atoms with Crippen molar-refractivity contribution in [1.29, 1.82) is 0 Å². The highest BCUT2D eigenvalue weighted by atomic mass is 16.3. The number of Topliss-reactive ketones (excluding diaryl/α,β-unsaturated/α-hetero) is 1. The van der Waals surface area contributed by atoms with Crippen molar-refractivity contribution >= 4 is 23.5 Å². The van der Waals surface area contributed by atoms with Gasteiger partial charge in [-0.3, -0.25) is 24.1 Å². The minimum Gasteiger partial charge on any atom is -0.390 e. The van der Waals surface area contributed by atoms with Gasteiger partial charge in [0.05, 0.1) is 24.2 Å². The first-order valence-corrected chi connectivity index (χ1v) is 17.3. The van der Waals surface area contributed by atoms with Crippen molar-refractivity contribution < 1.29 is 29.4 Å². The van der Waals surface area contributed by atoms with Crippen molar-refractivity contribution in [3.8, 4) is 0 Å². The van der Waals surface area contributed by atoms with Crippen LogP contribution in [0.4, 0.5) is 0 Å². The zero-order valence-corrected chi connectivity index (χ0v) is 31.4. The van der Waals surface area contributed by atoms with Gasteiger partial charge in [0, 0.05) is 26.9 Å². The largest absolute Gasteiger partial charge is 0.390 e. The number of likely N-dealkylation sites (N-methyl/N-ethyl adjacent to an activating group) is 3. The lowest BCUT2D eigenvalue weighted by atomic mass is 9.91. The molecule has 0 rings (SSSR count). The molecule has 0 aliphatic carbocycles. The Balaban J connectivity index is 6.63. The lowest BCUT2D eigenvalue weighted by molar-refractivity contribution is -0.157. The van der Waals surface area contributed by atoms with Crippen LogP contribution in [0.1, 0.15) is 108 Å². The van der Waals surface area contributed by atoms with Gasteiger partial charge in [-0.15, -0.1) is 0 Å². The molecule has 0 aromatic rings. The van der Waals surface area contributed by atoms with Crippen LogP contribution in [0, 0.1) is 29.6 Å². The first-order chi connectivity index (χ1) is 21.2. The number of hydrogen-bond donors (Lipinski definition) is 3. The highest BCUT2D eigenvalue weighted by Gasteiger charge is 2.43. The van der Waals surface area contributed by atoms with Crippen molar-refractivity contribution in [2.24, 2.45) is 29.6 Å². The van der Waals surface area contributed by atoms with E-state index in [1.807, 2.05) is 88.3 Å². The van der Waals surface area contributed by atoms with Crippen LogP contribution in [0.15, 0.2) is 12.2 Å². The molecular formula is C36H68N4O6. The third-order valence-corrected chi connectivity index (χ3v) is 8.68. The molecule has 0 aliphatic rings. The minimum atomic E-state index is -1.28. The molecule has 46 heavy (non-hydrogen) atoms. The summed E-state index contributed by atoms with van der Waals surface area (Å²) in [7, 11) is 4.85. The van der Waals surface area contributed by atoms with E-state index in [4.69, 9.17) is 0 Å². The normalized spacial score (nSPS) is 16.9. The summed E-state index contributed by atoms with van der Waals surface area (Å²) in [6, 6.07) is -3.46. The number of carbonyl (C=O) groups is 4. The molecule has 0 aromatic carbocycles. The van der Waals surface area contributed by atoms with E-state index in [-0.39, 0.29) is 41.3 Å². The van der Waals surface area contributed by atoms with Crippen LogP contribution in [-0.4, -0.2) is 106 Å². The van der Waals surface area contributed by atoms with E-state index in [1.165, 1.54) is 11.9 Å². The molecule has 0 spiro atoms. The van der Waals surface area contributed by atoms with Gasteiger partial charge in [0.25, 0.3) is 0 Å². The highest BCUT2D eigenvalue weighted by molar-refractivity contribution is 5.94. The number of carbonyl (C=O) groups excluding carboxylic acids is 4. The van der Waals surface area contributed by atoms with E-state index in [0.29, 0.717) is 32.1 Å². The molecule has 7 atom stereocenters. The van der Waals surface area contributed by atoms with Crippen molar-refractivity contribution in [3.05, 3.63) is 12.2 Å². The molecule has 0 saturated heterocycles. The number of rotatable bonds is 21. The van der Waals surface area contributed by atoms with E-state index < -0.39 is 48.3 Å². The highest BCUT2D eigenvalue weighted by Crippen LogP contribution is 2.25. The molecule has 0 heterocycles. The predicted molar refractivity (Wildman–Crippen MR) is 186 cm³/mol. The molecule has 268 valence electrons. The van der Waals surface area contributed by atoms with Gasteiger partial charge in [-0.1, -0.05) is 81.4 Å². The number of nitrogens with one attached hydrogen (secondary N) is 1. The Labute approximate surface area is 280 Å². The molecule has 0 fully saturated rings. The molecule has 0 bridgehead atoms. The SMILES string of the molecule is C/C=C/C[C@@H](C)[C@@H](O)[C@@H](C(=O)NC(CC)C(=O)CC(C)C)N(C)C(=O)[C@H](C(C)C)N(C)C(O)[C@H](CC(C)C)N(C)C(=O)CC(C)C. The molecule has 3 N–H and O–H groups in total. The maximum atomic E-state index is 14.4. The number of hydrogen-bond acceptors (Lipinski definition) is 7. The van der Waals surface area contributed by atoms with Gasteiger partial charge in [-0.25, -0.2) is 0 Å². The summed E-state index contributed by atoms with van der Waals surface area (Å²) in [4.78, 5) is 58.7. The lowest BCUT2D eigenvalue weighted by Crippen LogP contribution is -2.63. The van der Waals surface area contributed by atoms with Gasteiger partial charge < -0.3 is 25.3 Å². The summed E-state index contributed by atoms with van der Waals surface area (Å²) in [5, 5.41) is 26.1.